The Morgan fingerprint density at radius 2 is 1.57 bits per heavy atom. The SMILES string of the molecule is Cc1ccc(CNC(C)c2ccc(C(C)C)cc2)cc1Cl. The fraction of sp³-hybridized carbons (Fsp3) is 0.368. The van der Waals surface area contributed by atoms with Crippen LogP contribution in [0.1, 0.15) is 55.0 Å². The highest BCUT2D eigenvalue weighted by atomic mass is 35.5. The highest BCUT2D eigenvalue weighted by molar-refractivity contribution is 6.31. The van der Waals surface area contributed by atoms with Crippen LogP contribution in [0.15, 0.2) is 42.5 Å². The lowest BCUT2D eigenvalue weighted by molar-refractivity contribution is 0.574. The number of hydrogen-bond acceptors (Lipinski definition) is 1. The average molecular weight is 302 g/mol. The van der Waals surface area contributed by atoms with Gasteiger partial charge >= 0.3 is 0 Å². The van der Waals surface area contributed by atoms with Crippen LogP contribution in [0.5, 0.6) is 0 Å². The predicted octanol–water partition coefficient (Wildman–Crippen LogP) is 5.62. The van der Waals surface area contributed by atoms with Crippen molar-refractivity contribution in [2.45, 2.75) is 46.2 Å². The Hall–Kier alpha value is -1.31. The highest BCUT2D eigenvalue weighted by Crippen LogP contribution is 2.20. The number of aryl methyl sites for hydroxylation is 1. The summed E-state index contributed by atoms with van der Waals surface area (Å²) in [4.78, 5) is 0. The van der Waals surface area contributed by atoms with Crippen molar-refractivity contribution in [3.8, 4) is 0 Å². The number of rotatable bonds is 5. The van der Waals surface area contributed by atoms with Crippen LogP contribution in [0.4, 0.5) is 0 Å². The van der Waals surface area contributed by atoms with Crippen LogP contribution in [0, 0.1) is 6.92 Å². The van der Waals surface area contributed by atoms with Crippen LogP contribution in [-0.2, 0) is 6.54 Å². The fourth-order valence-corrected chi connectivity index (χ4v) is 2.51. The Labute approximate surface area is 133 Å². The second kappa shape index (κ2) is 7.11. The van der Waals surface area contributed by atoms with Crippen LogP contribution < -0.4 is 5.32 Å². The molecule has 2 aromatic carbocycles. The summed E-state index contributed by atoms with van der Waals surface area (Å²) < 4.78 is 0. The normalized spacial score (nSPS) is 12.7. The summed E-state index contributed by atoms with van der Waals surface area (Å²) >= 11 is 6.17. The van der Waals surface area contributed by atoms with E-state index in [1.54, 1.807) is 0 Å². The molecular formula is C19H24ClN. The van der Waals surface area contributed by atoms with E-state index in [0.717, 1.165) is 17.1 Å². The van der Waals surface area contributed by atoms with Crippen molar-refractivity contribution in [3.63, 3.8) is 0 Å². The molecule has 1 nitrogen and oxygen atoms in total. The summed E-state index contributed by atoms with van der Waals surface area (Å²) in [6.45, 7) is 9.49. The predicted molar refractivity (Wildman–Crippen MR) is 92.0 cm³/mol. The highest BCUT2D eigenvalue weighted by Gasteiger charge is 2.06. The maximum atomic E-state index is 6.17. The lowest BCUT2D eigenvalue weighted by Crippen LogP contribution is -2.18. The molecule has 0 heterocycles. The van der Waals surface area contributed by atoms with Gasteiger partial charge in [0.05, 0.1) is 0 Å². The van der Waals surface area contributed by atoms with Gasteiger partial charge in [0.15, 0.2) is 0 Å². The van der Waals surface area contributed by atoms with Gasteiger partial charge in [-0.3, -0.25) is 0 Å². The molecule has 0 spiro atoms. The summed E-state index contributed by atoms with van der Waals surface area (Å²) in [5.74, 6) is 0.581. The minimum atomic E-state index is 0.325. The second-order valence-electron chi connectivity index (χ2n) is 6.01. The third kappa shape index (κ3) is 4.33. The van der Waals surface area contributed by atoms with Crippen LogP contribution in [0.2, 0.25) is 5.02 Å². The Kier molecular flexibility index (Phi) is 5.44. The first-order valence-corrected chi connectivity index (χ1v) is 7.93. The van der Waals surface area contributed by atoms with Gasteiger partial charge in [-0.25, -0.2) is 0 Å². The van der Waals surface area contributed by atoms with Crippen molar-refractivity contribution >= 4 is 11.6 Å². The molecule has 0 saturated carbocycles. The molecule has 0 aliphatic carbocycles. The van der Waals surface area contributed by atoms with Gasteiger partial charge in [0.1, 0.15) is 0 Å². The van der Waals surface area contributed by atoms with Crippen molar-refractivity contribution in [2.75, 3.05) is 0 Å². The molecule has 0 aliphatic rings. The quantitative estimate of drug-likeness (QED) is 0.755. The van der Waals surface area contributed by atoms with Crippen molar-refractivity contribution in [1.82, 2.24) is 5.32 Å². The van der Waals surface area contributed by atoms with E-state index in [0.29, 0.717) is 12.0 Å². The minimum Gasteiger partial charge on any atom is -0.306 e. The molecule has 0 amide bonds. The van der Waals surface area contributed by atoms with Gasteiger partial charge in [-0.15, -0.1) is 0 Å². The van der Waals surface area contributed by atoms with E-state index in [1.165, 1.54) is 16.7 Å². The first-order valence-electron chi connectivity index (χ1n) is 7.55. The zero-order valence-corrected chi connectivity index (χ0v) is 14.0. The zero-order chi connectivity index (χ0) is 15.4. The molecule has 1 unspecified atom stereocenters. The molecule has 0 radical (unpaired) electrons. The molecule has 21 heavy (non-hydrogen) atoms. The first-order chi connectivity index (χ1) is 9.97. The fourth-order valence-electron chi connectivity index (χ4n) is 2.30. The van der Waals surface area contributed by atoms with E-state index in [-0.39, 0.29) is 0 Å². The van der Waals surface area contributed by atoms with Gasteiger partial charge in [0.25, 0.3) is 0 Å². The van der Waals surface area contributed by atoms with E-state index in [4.69, 9.17) is 11.6 Å². The molecule has 0 fully saturated rings. The third-order valence-corrected chi connectivity index (χ3v) is 4.36. The maximum absolute atomic E-state index is 6.17. The molecule has 0 saturated heterocycles. The minimum absolute atomic E-state index is 0.325. The smallest absolute Gasteiger partial charge is 0.0438 e. The number of halogens is 1. The van der Waals surface area contributed by atoms with E-state index < -0.39 is 0 Å². The molecule has 0 aliphatic heterocycles. The van der Waals surface area contributed by atoms with Crippen LogP contribution in [0.25, 0.3) is 0 Å². The van der Waals surface area contributed by atoms with Gasteiger partial charge in [0.2, 0.25) is 0 Å². The van der Waals surface area contributed by atoms with Gasteiger partial charge in [-0.05, 0) is 48.1 Å². The van der Waals surface area contributed by atoms with Crippen LogP contribution in [-0.4, -0.2) is 0 Å². The van der Waals surface area contributed by atoms with E-state index in [9.17, 15) is 0 Å². The standard InChI is InChI=1S/C19H24ClN/c1-13(2)17-7-9-18(10-8-17)15(4)21-12-16-6-5-14(3)19(20)11-16/h5-11,13,15,21H,12H2,1-4H3. The van der Waals surface area contributed by atoms with E-state index in [1.807, 2.05) is 13.0 Å². The van der Waals surface area contributed by atoms with Crippen LogP contribution in [0.3, 0.4) is 0 Å². The van der Waals surface area contributed by atoms with Gasteiger partial charge in [0, 0.05) is 17.6 Å². The molecule has 1 atom stereocenters. The van der Waals surface area contributed by atoms with Crippen LogP contribution >= 0.6 is 11.6 Å². The molecule has 112 valence electrons. The monoisotopic (exact) mass is 301 g/mol. The molecule has 0 bridgehead atoms. The number of nitrogens with one attached hydrogen (secondary N) is 1. The van der Waals surface area contributed by atoms with Crippen molar-refractivity contribution < 1.29 is 0 Å². The summed E-state index contributed by atoms with van der Waals surface area (Å²) in [6, 6.07) is 15.4. The summed E-state index contributed by atoms with van der Waals surface area (Å²) in [5.41, 5.74) is 5.04. The molecular weight excluding hydrogens is 278 g/mol. The second-order valence-corrected chi connectivity index (χ2v) is 6.41. The Bertz CT molecular complexity index is 587. The molecule has 0 aromatic heterocycles. The molecule has 2 aromatic rings. The molecule has 2 heteroatoms. The Balaban J connectivity index is 1.97. The van der Waals surface area contributed by atoms with Crippen molar-refractivity contribution in [3.05, 3.63) is 69.7 Å². The average Bonchev–Trinajstić information content (AvgIpc) is 2.48. The van der Waals surface area contributed by atoms with Crippen molar-refractivity contribution in [1.29, 1.82) is 0 Å². The summed E-state index contributed by atoms with van der Waals surface area (Å²) in [5, 5.41) is 4.39. The lowest BCUT2D eigenvalue weighted by atomic mass is 9.99. The summed E-state index contributed by atoms with van der Waals surface area (Å²) in [7, 11) is 0. The number of benzene rings is 2. The molecule has 2 rings (SSSR count). The third-order valence-electron chi connectivity index (χ3n) is 3.95. The van der Waals surface area contributed by atoms with Gasteiger partial charge in [-0.1, -0.05) is 61.8 Å². The maximum Gasteiger partial charge on any atom is 0.0438 e. The first kappa shape index (κ1) is 16.1. The zero-order valence-electron chi connectivity index (χ0n) is 13.3. The Morgan fingerprint density at radius 3 is 2.14 bits per heavy atom. The van der Waals surface area contributed by atoms with Gasteiger partial charge in [-0.2, -0.15) is 0 Å². The van der Waals surface area contributed by atoms with E-state index >= 15 is 0 Å². The topological polar surface area (TPSA) is 12.0 Å². The summed E-state index contributed by atoms with van der Waals surface area (Å²) in [6.07, 6.45) is 0. The lowest BCUT2D eigenvalue weighted by Gasteiger charge is -2.16. The van der Waals surface area contributed by atoms with Crippen molar-refractivity contribution in [2.24, 2.45) is 0 Å². The van der Waals surface area contributed by atoms with E-state index in [2.05, 4.69) is 62.5 Å². The number of hydrogen-bond donors (Lipinski definition) is 1. The molecule has 1 N–H and O–H groups in total. The van der Waals surface area contributed by atoms with Gasteiger partial charge < -0.3 is 5.32 Å². The Morgan fingerprint density at radius 1 is 0.952 bits per heavy atom. The largest absolute Gasteiger partial charge is 0.306 e.